The summed E-state index contributed by atoms with van der Waals surface area (Å²) in [6.07, 6.45) is 0. The summed E-state index contributed by atoms with van der Waals surface area (Å²) >= 11 is 13.9. The van der Waals surface area contributed by atoms with Crippen LogP contribution < -0.4 is 4.74 Å². The van der Waals surface area contributed by atoms with Crippen molar-refractivity contribution in [2.75, 3.05) is 0 Å². The Bertz CT molecular complexity index is 769. The third kappa shape index (κ3) is 4.10. The van der Waals surface area contributed by atoms with Crippen LogP contribution >= 0.6 is 63.7 Å². The maximum atomic E-state index is 11.9. The van der Waals surface area contributed by atoms with Crippen molar-refractivity contribution in [2.24, 2.45) is 0 Å². The third-order valence-electron chi connectivity index (χ3n) is 2.77. The van der Waals surface area contributed by atoms with E-state index >= 15 is 0 Å². The zero-order chi connectivity index (χ0) is 16.4. The Morgan fingerprint density at radius 1 is 0.955 bits per heavy atom. The van der Waals surface area contributed by atoms with Crippen LogP contribution in [0.25, 0.3) is 11.1 Å². The van der Waals surface area contributed by atoms with E-state index in [1.165, 1.54) is 0 Å². The summed E-state index contributed by atoms with van der Waals surface area (Å²) in [6.45, 7) is 5.23. The SMILES string of the molecule is C=C(C)C(=O)Oc1c(Br)cc(Br)cc1-c1ccc(Br)cc1Br. The van der Waals surface area contributed by atoms with Gasteiger partial charge in [0.05, 0.1) is 4.47 Å². The van der Waals surface area contributed by atoms with Gasteiger partial charge in [0.1, 0.15) is 0 Å². The predicted octanol–water partition coefficient (Wildman–Crippen LogP) is 6.89. The lowest BCUT2D eigenvalue weighted by Gasteiger charge is -2.14. The van der Waals surface area contributed by atoms with Crippen molar-refractivity contribution in [3.8, 4) is 16.9 Å². The highest BCUT2D eigenvalue weighted by Gasteiger charge is 2.18. The largest absolute Gasteiger partial charge is 0.421 e. The van der Waals surface area contributed by atoms with Gasteiger partial charge in [0.15, 0.2) is 5.75 Å². The maximum Gasteiger partial charge on any atom is 0.338 e. The normalized spacial score (nSPS) is 10.4. The van der Waals surface area contributed by atoms with Crippen molar-refractivity contribution in [3.05, 3.63) is 60.4 Å². The van der Waals surface area contributed by atoms with E-state index in [-0.39, 0.29) is 0 Å². The topological polar surface area (TPSA) is 26.3 Å². The highest BCUT2D eigenvalue weighted by molar-refractivity contribution is 9.11. The Kier molecular flexibility index (Phi) is 6.05. The van der Waals surface area contributed by atoms with E-state index in [1.54, 1.807) is 6.92 Å². The molecule has 2 aromatic carbocycles. The van der Waals surface area contributed by atoms with Gasteiger partial charge in [-0.1, -0.05) is 60.4 Å². The molecule has 114 valence electrons. The summed E-state index contributed by atoms with van der Waals surface area (Å²) in [5.41, 5.74) is 2.04. The molecule has 2 nitrogen and oxygen atoms in total. The fourth-order valence-electron chi connectivity index (χ4n) is 1.75. The van der Waals surface area contributed by atoms with Gasteiger partial charge in [0, 0.05) is 24.6 Å². The summed E-state index contributed by atoms with van der Waals surface area (Å²) in [7, 11) is 0. The van der Waals surface area contributed by atoms with Crippen molar-refractivity contribution in [3.63, 3.8) is 0 Å². The molecule has 0 aliphatic rings. The van der Waals surface area contributed by atoms with Gasteiger partial charge in [-0.3, -0.25) is 0 Å². The monoisotopic (exact) mass is 550 g/mol. The van der Waals surface area contributed by atoms with Crippen molar-refractivity contribution >= 4 is 69.7 Å². The molecule has 22 heavy (non-hydrogen) atoms. The molecule has 0 spiro atoms. The standard InChI is InChI=1S/C16H10Br4O2/c1-8(2)16(21)22-15-12(5-10(18)7-14(15)20)11-4-3-9(17)6-13(11)19/h3-7H,1H2,2H3. The van der Waals surface area contributed by atoms with Crippen LogP contribution in [0, 0.1) is 0 Å². The van der Waals surface area contributed by atoms with Crippen LogP contribution in [0.3, 0.4) is 0 Å². The average molecular weight is 554 g/mol. The Labute approximate surface area is 162 Å². The highest BCUT2D eigenvalue weighted by atomic mass is 79.9. The minimum Gasteiger partial charge on any atom is -0.421 e. The molecule has 6 heteroatoms. The lowest BCUT2D eigenvalue weighted by molar-refractivity contribution is -0.130. The number of ether oxygens (including phenoxy) is 1. The van der Waals surface area contributed by atoms with E-state index in [0.29, 0.717) is 15.8 Å². The van der Waals surface area contributed by atoms with Crippen molar-refractivity contribution in [1.82, 2.24) is 0 Å². The van der Waals surface area contributed by atoms with E-state index < -0.39 is 5.97 Å². The second-order valence-corrected chi connectivity index (χ2v) is 8.10. The first-order chi connectivity index (χ1) is 10.3. The quantitative estimate of drug-likeness (QED) is 0.235. The highest BCUT2D eigenvalue weighted by Crippen LogP contribution is 2.42. The van der Waals surface area contributed by atoms with Gasteiger partial charge in [-0.15, -0.1) is 0 Å². The number of benzene rings is 2. The Morgan fingerprint density at radius 3 is 2.18 bits per heavy atom. The fraction of sp³-hybridized carbons (Fsp3) is 0.0625. The smallest absolute Gasteiger partial charge is 0.338 e. The molecule has 0 aromatic heterocycles. The summed E-state index contributed by atoms with van der Waals surface area (Å²) in [5.74, 6) is -0.00303. The van der Waals surface area contributed by atoms with Crippen molar-refractivity contribution in [1.29, 1.82) is 0 Å². The van der Waals surface area contributed by atoms with Gasteiger partial charge in [-0.2, -0.15) is 0 Å². The second-order valence-electron chi connectivity index (χ2n) is 4.56. The Hall–Kier alpha value is -0.430. The maximum absolute atomic E-state index is 11.9. The molecule has 0 saturated carbocycles. The van der Waals surface area contributed by atoms with Crippen LogP contribution in [0.2, 0.25) is 0 Å². The molecule has 0 amide bonds. The van der Waals surface area contributed by atoms with Gasteiger partial charge in [-0.05, 0) is 52.7 Å². The Morgan fingerprint density at radius 2 is 1.59 bits per heavy atom. The molecule has 0 atom stereocenters. The van der Waals surface area contributed by atoms with Gasteiger partial charge in [-0.25, -0.2) is 4.79 Å². The first kappa shape index (κ1) is 17.9. The molecule has 0 aliphatic carbocycles. The van der Waals surface area contributed by atoms with E-state index in [4.69, 9.17) is 4.74 Å². The van der Waals surface area contributed by atoms with Gasteiger partial charge < -0.3 is 4.74 Å². The van der Waals surface area contributed by atoms with Gasteiger partial charge in [0.2, 0.25) is 0 Å². The lowest BCUT2D eigenvalue weighted by atomic mass is 10.0. The summed E-state index contributed by atoms with van der Waals surface area (Å²) in [5, 5.41) is 0. The minimum atomic E-state index is -0.461. The van der Waals surface area contributed by atoms with Crippen LogP contribution in [0.5, 0.6) is 5.75 Å². The number of esters is 1. The number of rotatable bonds is 3. The molecule has 0 unspecified atom stereocenters. The van der Waals surface area contributed by atoms with Gasteiger partial charge in [0.25, 0.3) is 0 Å². The van der Waals surface area contributed by atoms with Crippen molar-refractivity contribution in [2.45, 2.75) is 6.92 Å². The number of carbonyl (C=O) groups is 1. The van der Waals surface area contributed by atoms with E-state index in [1.807, 2.05) is 30.3 Å². The first-order valence-corrected chi connectivity index (χ1v) is 9.29. The van der Waals surface area contributed by atoms with Crippen LogP contribution in [0.1, 0.15) is 6.92 Å². The van der Waals surface area contributed by atoms with E-state index in [2.05, 4.69) is 70.3 Å². The van der Waals surface area contributed by atoms with Crippen LogP contribution in [-0.2, 0) is 4.79 Å². The molecule has 0 aliphatic heterocycles. The second kappa shape index (κ2) is 7.43. The molecule has 0 N–H and O–H groups in total. The number of halogens is 4. The first-order valence-electron chi connectivity index (χ1n) is 6.11. The Balaban J connectivity index is 2.63. The minimum absolute atomic E-state index is 0.343. The lowest BCUT2D eigenvalue weighted by Crippen LogP contribution is -2.09. The third-order valence-corrected chi connectivity index (χ3v) is 4.97. The van der Waals surface area contributed by atoms with Crippen LogP contribution in [-0.4, -0.2) is 5.97 Å². The molecule has 0 saturated heterocycles. The van der Waals surface area contributed by atoms with E-state index in [0.717, 1.165) is 24.5 Å². The zero-order valence-corrected chi connectivity index (χ0v) is 17.8. The van der Waals surface area contributed by atoms with Gasteiger partial charge >= 0.3 is 5.97 Å². The average Bonchev–Trinajstić information content (AvgIpc) is 2.41. The molecular formula is C16H10Br4O2. The van der Waals surface area contributed by atoms with Crippen molar-refractivity contribution < 1.29 is 9.53 Å². The van der Waals surface area contributed by atoms with E-state index in [9.17, 15) is 4.79 Å². The van der Waals surface area contributed by atoms with Crippen LogP contribution in [0.15, 0.2) is 60.4 Å². The summed E-state index contributed by atoms with van der Waals surface area (Å²) in [4.78, 5) is 11.9. The molecule has 0 heterocycles. The molecule has 0 fully saturated rings. The number of hydrogen-bond donors (Lipinski definition) is 0. The van der Waals surface area contributed by atoms with Crippen LogP contribution in [0.4, 0.5) is 0 Å². The molecule has 0 radical (unpaired) electrons. The predicted molar refractivity (Wildman–Crippen MR) is 103 cm³/mol. The molecular weight excluding hydrogens is 544 g/mol. The fourth-order valence-corrected chi connectivity index (χ4v) is 4.32. The summed E-state index contributed by atoms with van der Waals surface area (Å²) < 4.78 is 8.89. The molecule has 2 rings (SSSR count). The molecule has 2 aromatic rings. The number of carbonyl (C=O) groups excluding carboxylic acids is 1. The molecule has 0 bridgehead atoms. The number of hydrogen-bond acceptors (Lipinski definition) is 2. The summed E-state index contributed by atoms with van der Waals surface area (Å²) in [6, 6.07) is 9.55. The zero-order valence-electron chi connectivity index (χ0n) is 11.4.